The highest BCUT2D eigenvalue weighted by atomic mass is 35.5. The van der Waals surface area contributed by atoms with E-state index in [0.717, 1.165) is 46.2 Å². The number of aromatic nitrogens is 1. The summed E-state index contributed by atoms with van der Waals surface area (Å²) in [5.41, 5.74) is 1.58. The third kappa shape index (κ3) is 4.21. The number of carbonyl (C=O) groups is 1. The van der Waals surface area contributed by atoms with Crippen LogP contribution in [0, 0.1) is 11.8 Å². The van der Waals surface area contributed by atoms with Gasteiger partial charge in [-0.25, -0.2) is 0 Å². The predicted octanol–water partition coefficient (Wildman–Crippen LogP) is 4.10. The van der Waals surface area contributed by atoms with Crippen molar-refractivity contribution in [1.29, 1.82) is 0 Å². The molecule has 2 aromatic rings. The number of carbonyl (C=O) groups excluding carboxylic acids is 1. The van der Waals surface area contributed by atoms with E-state index >= 15 is 0 Å². The van der Waals surface area contributed by atoms with Gasteiger partial charge in [-0.2, -0.15) is 0 Å². The molecule has 130 valence electrons. The van der Waals surface area contributed by atoms with Crippen LogP contribution in [0.1, 0.15) is 30.6 Å². The lowest BCUT2D eigenvalue weighted by molar-refractivity contribution is 0.0937. The molecule has 1 fully saturated rings. The fourth-order valence-corrected chi connectivity index (χ4v) is 4.69. The first-order valence-corrected chi connectivity index (χ1v) is 9.65. The quantitative estimate of drug-likeness (QED) is 0.837. The molecule has 1 aliphatic heterocycles. The summed E-state index contributed by atoms with van der Waals surface area (Å²) in [6.45, 7) is 8.45. The number of hydrogen-bond acceptors (Lipinski definition) is 3. The van der Waals surface area contributed by atoms with Gasteiger partial charge in [0.05, 0.1) is 9.90 Å². The number of aromatic amines is 1. The highest BCUT2D eigenvalue weighted by Gasteiger charge is 2.21. The molecule has 0 aromatic carbocycles. The second-order valence-corrected chi connectivity index (χ2v) is 8.56. The van der Waals surface area contributed by atoms with Crippen LogP contribution in [0.5, 0.6) is 0 Å². The number of amides is 1. The molecule has 3 heterocycles. The Balaban J connectivity index is 1.55. The van der Waals surface area contributed by atoms with Crippen LogP contribution in [0.25, 0.3) is 10.4 Å². The van der Waals surface area contributed by atoms with Crippen LogP contribution in [-0.4, -0.2) is 42.0 Å². The summed E-state index contributed by atoms with van der Waals surface area (Å²) in [7, 11) is 0. The third-order valence-corrected chi connectivity index (χ3v) is 5.75. The van der Waals surface area contributed by atoms with Gasteiger partial charge in [0.15, 0.2) is 0 Å². The Hall–Kier alpha value is -1.30. The standard InChI is InChI=1S/C18H24ClN3OS/c1-12-7-13(2)11-22(10-12)6-5-21-18(23)15-9-20-8-14(15)16-3-4-17(19)24-16/h3-4,8-9,12-13,20H,5-7,10-11H2,1-2H3,(H,21,23). The molecule has 0 radical (unpaired) electrons. The maximum absolute atomic E-state index is 12.5. The number of likely N-dealkylation sites (tertiary alicyclic amines) is 1. The van der Waals surface area contributed by atoms with Gasteiger partial charge in [-0.1, -0.05) is 25.4 Å². The lowest BCUT2D eigenvalue weighted by atomic mass is 9.92. The first-order chi connectivity index (χ1) is 11.5. The van der Waals surface area contributed by atoms with E-state index in [0.29, 0.717) is 12.1 Å². The number of hydrogen-bond donors (Lipinski definition) is 2. The molecule has 0 bridgehead atoms. The fraction of sp³-hybridized carbons (Fsp3) is 0.500. The number of nitrogens with zero attached hydrogens (tertiary/aromatic N) is 1. The van der Waals surface area contributed by atoms with Gasteiger partial charge in [0, 0.05) is 49.0 Å². The van der Waals surface area contributed by atoms with Crippen LogP contribution >= 0.6 is 22.9 Å². The molecular weight excluding hydrogens is 342 g/mol. The first-order valence-electron chi connectivity index (χ1n) is 8.46. The molecular formula is C18H24ClN3OS. The van der Waals surface area contributed by atoms with Crippen LogP contribution in [0.15, 0.2) is 24.5 Å². The lowest BCUT2D eigenvalue weighted by Gasteiger charge is -2.34. The fourth-order valence-electron chi connectivity index (χ4n) is 3.61. The molecule has 1 aliphatic rings. The van der Waals surface area contributed by atoms with Gasteiger partial charge >= 0.3 is 0 Å². The minimum absolute atomic E-state index is 0.0334. The highest BCUT2D eigenvalue weighted by Crippen LogP contribution is 2.33. The Morgan fingerprint density at radius 2 is 2.08 bits per heavy atom. The van der Waals surface area contributed by atoms with E-state index in [4.69, 9.17) is 11.6 Å². The van der Waals surface area contributed by atoms with Crippen molar-refractivity contribution in [3.8, 4) is 10.4 Å². The van der Waals surface area contributed by atoms with Crippen LogP contribution in [0.2, 0.25) is 4.34 Å². The van der Waals surface area contributed by atoms with Crippen molar-refractivity contribution in [2.24, 2.45) is 11.8 Å². The number of nitrogens with one attached hydrogen (secondary N) is 2. The van der Waals surface area contributed by atoms with Gasteiger partial charge in [0.25, 0.3) is 5.91 Å². The molecule has 2 atom stereocenters. The number of H-pyrrole nitrogens is 1. The predicted molar refractivity (Wildman–Crippen MR) is 101 cm³/mol. The van der Waals surface area contributed by atoms with Gasteiger partial charge in [-0.15, -0.1) is 11.3 Å². The smallest absolute Gasteiger partial charge is 0.253 e. The monoisotopic (exact) mass is 365 g/mol. The van der Waals surface area contributed by atoms with Crippen molar-refractivity contribution in [3.63, 3.8) is 0 Å². The van der Waals surface area contributed by atoms with Crippen molar-refractivity contribution in [3.05, 3.63) is 34.4 Å². The summed E-state index contributed by atoms with van der Waals surface area (Å²) in [6, 6.07) is 3.80. The minimum atomic E-state index is -0.0334. The molecule has 24 heavy (non-hydrogen) atoms. The number of piperidine rings is 1. The molecule has 1 saturated heterocycles. The topological polar surface area (TPSA) is 48.1 Å². The molecule has 0 saturated carbocycles. The zero-order valence-corrected chi connectivity index (χ0v) is 15.7. The second kappa shape index (κ2) is 7.72. The van der Waals surface area contributed by atoms with E-state index in [1.165, 1.54) is 17.8 Å². The summed E-state index contributed by atoms with van der Waals surface area (Å²) < 4.78 is 0.728. The molecule has 2 N–H and O–H groups in total. The van der Waals surface area contributed by atoms with E-state index in [-0.39, 0.29) is 5.91 Å². The summed E-state index contributed by atoms with van der Waals surface area (Å²) in [6.07, 6.45) is 4.91. The second-order valence-electron chi connectivity index (χ2n) is 6.85. The van der Waals surface area contributed by atoms with Crippen molar-refractivity contribution in [2.75, 3.05) is 26.2 Å². The van der Waals surface area contributed by atoms with Crippen molar-refractivity contribution in [2.45, 2.75) is 20.3 Å². The Morgan fingerprint density at radius 1 is 1.33 bits per heavy atom. The van der Waals surface area contributed by atoms with E-state index in [1.807, 2.05) is 18.3 Å². The van der Waals surface area contributed by atoms with Gasteiger partial charge in [-0.05, 0) is 30.4 Å². The molecule has 6 heteroatoms. The average molecular weight is 366 g/mol. The molecule has 0 spiro atoms. The van der Waals surface area contributed by atoms with Crippen LogP contribution in [0.4, 0.5) is 0 Å². The van der Waals surface area contributed by atoms with E-state index in [2.05, 4.69) is 29.0 Å². The van der Waals surface area contributed by atoms with Crippen LogP contribution in [0.3, 0.4) is 0 Å². The van der Waals surface area contributed by atoms with Gasteiger partial charge in [0.2, 0.25) is 0 Å². The van der Waals surface area contributed by atoms with E-state index in [9.17, 15) is 4.79 Å². The highest BCUT2D eigenvalue weighted by molar-refractivity contribution is 7.19. The molecule has 3 rings (SSSR count). The van der Waals surface area contributed by atoms with E-state index < -0.39 is 0 Å². The molecule has 2 unspecified atom stereocenters. The zero-order valence-electron chi connectivity index (χ0n) is 14.1. The van der Waals surface area contributed by atoms with E-state index in [1.54, 1.807) is 6.20 Å². The first kappa shape index (κ1) is 17.5. The molecule has 1 amide bonds. The van der Waals surface area contributed by atoms with Gasteiger partial charge in [0.1, 0.15) is 0 Å². The Bertz CT molecular complexity index is 686. The third-order valence-electron chi connectivity index (χ3n) is 4.49. The normalized spacial score (nSPS) is 21.8. The summed E-state index contributed by atoms with van der Waals surface area (Å²) in [5, 5.41) is 3.05. The van der Waals surface area contributed by atoms with Crippen molar-refractivity contribution >= 4 is 28.8 Å². The number of halogens is 1. The van der Waals surface area contributed by atoms with Gasteiger partial charge < -0.3 is 15.2 Å². The summed E-state index contributed by atoms with van der Waals surface area (Å²) >= 11 is 7.49. The molecule has 2 aromatic heterocycles. The SMILES string of the molecule is CC1CC(C)CN(CCNC(=O)c2c[nH]cc2-c2ccc(Cl)s2)C1. The zero-order chi connectivity index (χ0) is 17.1. The van der Waals surface area contributed by atoms with Crippen molar-refractivity contribution in [1.82, 2.24) is 15.2 Å². The van der Waals surface area contributed by atoms with Crippen LogP contribution in [-0.2, 0) is 0 Å². The number of rotatable bonds is 5. The average Bonchev–Trinajstić information content (AvgIpc) is 3.14. The Morgan fingerprint density at radius 3 is 2.75 bits per heavy atom. The largest absolute Gasteiger partial charge is 0.366 e. The van der Waals surface area contributed by atoms with Gasteiger partial charge in [-0.3, -0.25) is 4.79 Å². The Labute approximate surface area is 152 Å². The maximum Gasteiger partial charge on any atom is 0.253 e. The van der Waals surface area contributed by atoms with Crippen molar-refractivity contribution < 1.29 is 4.79 Å². The van der Waals surface area contributed by atoms with Crippen LogP contribution < -0.4 is 5.32 Å². The summed E-state index contributed by atoms with van der Waals surface area (Å²) in [4.78, 5) is 19.0. The molecule has 4 nitrogen and oxygen atoms in total. The number of thiophene rings is 1. The Kier molecular flexibility index (Phi) is 5.64. The lowest BCUT2D eigenvalue weighted by Crippen LogP contribution is -2.42. The minimum Gasteiger partial charge on any atom is -0.366 e. The molecule has 0 aliphatic carbocycles. The maximum atomic E-state index is 12.5. The summed E-state index contributed by atoms with van der Waals surface area (Å²) in [5.74, 6) is 1.45.